The molecule has 0 saturated carbocycles. The Balaban J connectivity index is 2.36. The molecule has 21 heavy (non-hydrogen) atoms. The fourth-order valence-electron chi connectivity index (χ4n) is 1.88. The largest absolute Gasteiger partial charge is 0.490 e. The highest BCUT2D eigenvalue weighted by molar-refractivity contribution is 5.52. The lowest BCUT2D eigenvalue weighted by molar-refractivity contribution is -0.385. The quantitative estimate of drug-likeness (QED) is 0.674. The van der Waals surface area contributed by atoms with Gasteiger partial charge in [0.25, 0.3) is 0 Å². The number of hydrogen-bond donors (Lipinski definition) is 1. The molecule has 0 spiro atoms. The molecule has 6 heteroatoms. The van der Waals surface area contributed by atoms with E-state index in [0.717, 1.165) is 11.1 Å². The first-order valence-corrected chi connectivity index (χ1v) is 6.35. The van der Waals surface area contributed by atoms with Crippen molar-refractivity contribution in [3.63, 3.8) is 0 Å². The third-order valence-corrected chi connectivity index (χ3v) is 3.06. The van der Waals surface area contributed by atoms with Crippen LogP contribution in [0, 0.1) is 17.0 Å². The first kappa shape index (κ1) is 14.8. The number of benzene rings is 2. The van der Waals surface area contributed by atoms with Gasteiger partial charge in [-0.2, -0.15) is 0 Å². The highest BCUT2D eigenvalue weighted by Gasteiger charge is 2.16. The predicted octanol–water partition coefficient (Wildman–Crippen LogP) is 3.16. The summed E-state index contributed by atoms with van der Waals surface area (Å²) < 4.78 is 10.7. The van der Waals surface area contributed by atoms with E-state index in [1.807, 2.05) is 25.1 Å². The molecule has 2 aromatic carbocycles. The topological polar surface area (TPSA) is 87.6 Å². The van der Waals surface area contributed by atoms with Crippen LogP contribution >= 0.6 is 0 Å². The Bertz CT molecular complexity index is 671. The van der Waals surface area contributed by atoms with Crippen LogP contribution in [0.2, 0.25) is 0 Å². The Hall–Kier alpha value is -2.60. The summed E-state index contributed by atoms with van der Waals surface area (Å²) in [5.41, 5.74) is 7.32. The summed E-state index contributed by atoms with van der Waals surface area (Å²) in [5.74, 6) is 1.19. The first-order valence-electron chi connectivity index (χ1n) is 6.35. The zero-order valence-electron chi connectivity index (χ0n) is 11.8. The van der Waals surface area contributed by atoms with Crippen molar-refractivity contribution < 1.29 is 14.4 Å². The number of methoxy groups -OCH3 is 1. The van der Waals surface area contributed by atoms with Gasteiger partial charge in [-0.25, -0.2) is 0 Å². The van der Waals surface area contributed by atoms with E-state index < -0.39 is 4.92 Å². The van der Waals surface area contributed by atoms with E-state index in [1.54, 1.807) is 6.07 Å². The summed E-state index contributed by atoms with van der Waals surface area (Å²) in [4.78, 5) is 10.5. The highest BCUT2D eigenvalue weighted by atomic mass is 16.6. The molecule has 0 aliphatic rings. The van der Waals surface area contributed by atoms with Crippen LogP contribution in [0.3, 0.4) is 0 Å². The molecule has 0 atom stereocenters. The van der Waals surface area contributed by atoms with Crippen molar-refractivity contribution in [1.29, 1.82) is 0 Å². The molecule has 2 rings (SSSR count). The van der Waals surface area contributed by atoms with Gasteiger partial charge in [-0.1, -0.05) is 12.1 Å². The minimum absolute atomic E-state index is 0.136. The maximum atomic E-state index is 11.0. The van der Waals surface area contributed by atoms with Gasteiger partial charge in [0.2, 0.25) is 0 Å². The summed E-state index contributed by atoms with van der Waals surface area (Å²) in [6, 6.07) is 10.1. The molecule has 0 aliphatic heterocycles. The average molecular weight is 288 g/mol. The molecule has 2 N–H and O–H groups in total. The Morgan fingerprint density at radius 3 is 2.57 bits per heavy atom. The van der Waals surface area contributed by atoms with Gasteiger partial charge in [0.15, 0.2) is 5.75 Å². The summed E-state index contributed by atoms with van der Waals surface area (Å²) in [6.45, 7) is 2.30. The standard InChI is InChI=1S/C15H16N2O4/c1-10-3-4-11(9-16)7-15(10)21-12-5-6-14(20-2)13(8-12)17(18)19/h3-8H,9,16H2,1-2H3. The fraction of sp³-hybridized carbons (Fsp3) is 0.200. The summed E-state index contributed by atoms with van der Waals surface area (Å²) in [5, 5.41) is 11.0. The lowest BCUT2D eigenvalue weighted by Gasteiger charge is -2.11. The zero-order valence-corrected chi connectivity index (χ0v) is 11.8. The van der Waals surface area contributed by atoms with Crippen LogP contribution in [-0.4, -0.2) is 12.0 Å². The van der Waals surface area contributed by atoms with Crippen LogP contribution in [0.1, 0.15) is 11.1 Å². The third-order valence-electron chi connectivity index (χ3n) is 3.06. The van der Waals surface area contributed by atoms with Crippen LogP contribution in [0.25, 0.3) is 0 Å². The van der Waals surface area contributed by atoms with Crippen molar-refractivity contribution in [3.05, 3.63) is 57.6 Å². The number of nitrogens with zero attached hydrogens (tertiary/aromatic N) is 1. The Kier molecular flexibility index (Phi) is 4.39. The van der Waals surface area contributed by atoms with Crippen LogP contribution < -0.4 is 15.2 Å². The molecule has 0 saturated heterocycles. The number of nitrogens with two attached hydrogens (primary N) is 1. The molecular formula is C15H16N2O4. The summed E-state index contributed by atoms with van der Waals surface area (Å²) in [6.07, 6.45) is 0. The monoisotopic (exact) mass is 288 g/mol. The summed E-state index contributed by atoms with van der Waals surface area (Å²) in [7, 11) is 1.39. The molecule has 0 heterocycles. The van der Waals surface area contributed by atoms with E-state index in [0.29, 0.717) is 18.0 Å². The van der Waals surface area contributed by atoms with Crippen molar-refractivity contribution >= 4 is 5.69 Å². The number of hydrogen-bond acceptors (Lipinski definition) is 5. The van der Waals surface area contributed by atoms with E-state index in [4.69, 9.17) is 15.2 Å². The number of aryl methyl sites for hydroxylation is 1. The minimum Gasteiger partial charge on any atom is -0.490 e. The van der Waals surface area contributed by atoms with E-state index in [-0.39, 0.29) is 11.4 Å². The van der Waals surface area contributed by atoms with Crippen LogP contribution in [-0.2, 0) is 6.54 Å². The number of rotatable bonds is 5. The molecule has 2 aromatic rings. The molecule has 0 unspecified atom stereocenters. The second-order valence-electron chi connectivity index (χ2n) is 4.50. The molecule has 0 bridgehead atoms. The molecule has 0 aliphatic carbocycles. The fourth-order valence-corrected chi connectivity index (χ4v) is 1.88. The van der Waals surface area contributed by atoms with Crippen LogP contribution in [0.5, 0.6) is 17.2 Å². The van der Waals surface area contributed by atoms with Crippen molar-refractivity contribution in [2.45, 2.75) is 13.5 Å². The maximum Gasteiger partial charge on any atom is 0.314 e. The molecule has 6 nitrogen and oxygen atoms in total. The number of nitro benzene ring substituents is 1. The predicted molar refractivity (Wildman–Crippen MR) is 78.8 cm³/mol. The number of nitro groups is 1. The average Bonchev–Trinajstić information content (AvgIpc) is 2.49. The van der Waals surface area contributed by atoms with Gasteiger partial charge in [0.05, 0.1) is 18.1 Å². The van der Waals surface area contributed by atoms with Gasteiger partial charge in [-0.3, -0.25) is 10.1 Å². The van der Waals surface area contributed by atoms with Gasteiger partial charge in [0.1, 0.15) is 11.5 Å². The molecule has 110 valence electrons. The molecule has 0 aromatic heterocycles. The lowest BCUT2D eigenvalue weighted by atomic mass is 10.1. The zero-order chi connectivity index (χ0) is 15.4. The van der Waals surface area contributed by atoms with E-state index in [1.165, 1.54) is 19.2 Å². The van der Waals surface area contributed by atoms with Crippen LogP contribution in [0.4, 0.5) is 5.69 Å². The minimum atomic E-state index is -0.505. The smallest absolute Gasteiger partial charge is 0.314 e. The van der Waals surface area contributed by atoms with Gasteiger partial charge in [0, 0.05) is 6.54 Å². The van der Waals surface area contributed by atoms with Gasteiger partial charge in [-0.15, -0.1) is 0 Å². The van der Waals surface area contributed by atoms with Crippen molar-refractivity contribution in [1.82, 2.24) is 0 Å². The second-order valence-corrected chi connectivity index (χ2v) is 4.50. The van der Waals surface area contributed by atoms with Crippen LogP contribution in [0.15, 0.2) is 36.4 Å². The molecule has 0 radical (unpaired) electrons. The van der Waals surface area contributed by atoms with Gasteiger partial charge in [-0.05, 0) is 36.2 Å². The van der Waals surface area contributed by atoms with E-state index in [9.17, 15) is 10.1 Å². The van der Waals surface area contributed by atoms with Crippen molar-refractivity contribution in [3.8, 4) is 17.2 Å². The van der Waals surface area contributed by atoms with Crippen molar-refractivity contribution in [2.24, 2.45) is 5.73 Å². The normalized spacial score (nSPS) is 10.2. The Morgan fingerprint density at radius 1 is 1.19 bits per heavy atom. The Labute approximate surface area is 122 Å². The molecular weight excluding hydrogens is 272 g/mol. The van der Waals surface area contributed by atoms with Gasteiger partial charge >= 0.3 is 5.69 Å². The van der Waals surface area contributed by atoms with Gasteiger partial charge < -0.3 is 15.2 Å². The van der Waals surface area contributed by atoms with Crippen molar-refractivity contribution in [2.75, 3.05) is 7.11 Å². The summed E-state index contributed by atoms with van der Waals surface area (Å²) >= 11 is 0. The molecule has 0 amide bonds. The Morgan fingerprint density at radius 2 is 1.95 bits per heavy atom. The second kappa shape index (κ2) is 6.23. The lowest BCUT2D eigenvalue weighted by Crippen LogP contribution is -1.98. The van der Waals surface area contributed by atoms with E-state index >= 15 is 0 Å². The SMILES string of the molecule is COc1ccc(Oc2cc(CN)ccc2C)cc1[N+](=O)[O-]. The maximum absolute atomic E-state index is 11.0. The highest BCUT2D eigenvalue weighted by Crippen LogP contribution is 2.34. The first-order chi connectivity index (χ1) is 10.0. The number of ether oxygens (including phenoxy) is 2. The third kappa shape index (κ3) is 3.29. The van der Waals surface area contributed by atoms with E-state index in [2.05, 4.69) is 0 Å². The molecule has 0 fully saturated rings.